The molecule has 0 amide bonds. The molecule has 0 bridgehead atoms. The van der Waals surface area contributed by atoms with Gasteiger partial charge in [-0.1, -0.05) is 0 Å². The Hall–Kier alpha value is -0.840. The Morgan fingerprint density at radius 3 is 2.94 bits per heavy atom. The minimum atomic E-state index is -0.0901. The van der Waals surface area contributed by atoms with Crippen LogP contribution in [0.2, 0.25) is 0 Å². The van der Waals surface area contributed by atoms with Crippen molar-refractivity contribution in [1.82, 2.24) is 4.90 Å². The lowest BCUT2D eigenvalue weighted by Crippen LogP contribution is -2.51. The van der Waals surface area contributed by atoms with Gasteiger partial charge in [0.2, 0.25) is 0 Å². The molecular formula is C13H22N2O2. The second kappa shape index (κ2) is 4.80. The van der Waals surface area contributed by atoms with E-state index >= 15 is 0 Å². The van der Waals surface area contributed by atoms with Crippen LogP contribution < -0.4 is 5.73 Å². The minimum Gasteiger partial charge on any atom is -0.468 e. The summed E-state index contributed by atoms with van der Waals surface area (Å²) >= 11 is 0. The molecule has 1 saturated heterocycles. The summed E-state index contributed by atoms with van der Waals surface area (Å²) in [7, 11) is 0. The highest BCUT2D eigenvalue weighted by Crippen LogP contribution is 2.23. The first-order chi connectivity index (χ1) is 8.00. The molecule has 4 heteroatoms. The van der Waals surface area contributed by atoms with Crippen molar-refractivity contribution in [3.8, 4) is 0 Å². The molecule has 96 valence electrons. The highest BCUT2D eigenvalue weighted by Gasteiger charge is 2.31. The molecule has 1 aliphatic heterocycles. The van der Waals surface area contributed by atoms with Crippen LogP contribution in [0.15, 0.2) is 16.7 Å². The summed E-state index contributed by atoms with van der Waals surface area (Å²) < 4.78 is 11.4. The van der Waals surface area contributed by atoms with Gasteiger partial charge in [-0.25, -0.2) is 0 Å². The summed E-state index contributed by atoms with van der Waals surface area (Å²) in [6.07, 6.45) is 1.97. The first-order valence-corrected chi connectivity index (χ1v) is 6.15. The Morgan fingerprint density at radius 1 is 1.53 bits per heavy atom. The molecule has 2 heterocycles. The van der Waals surface area contributed by atoms with Crippen molar-refractivity contribution < 1.29 is 9.15 Å². The monoisotopic (exact) mass is 238 g/mol. The van der Waals surface area contributed by atoms with Crippen LogP contribution in [0.4, 0.5) is 0 Å². The van der Waals surface area contributed by atoms with Crippen molar-refractivity contribution in [2.75, 3.05) is 13.1 Å². The van der Waals surface area contributed by atoms with E-state index in [0.29, 0.717) is 6.54 Å². The Balaban J connectivity index is 2.03. The van der Waals surface area contributed by atoms with Crippen molar-refractivity contribution in [2.24, 2.45) is 5.73 Å². The number of morpholine rings is 1. The van der Waals surface area contributed by atoms with E-state index in [1.807, 2.05) is 6.07 Å². The lowest BCUT2D eigenvalue weighted by Gasteiger charge is -2.41. The van der Waals surface area contributed by atoms with Gasteiger partial charge in [-0.15, -0.1) is 0 Å². The predicted molar refractivity (Wildman–Crippen MR) is 66.5 cm³/mol. The zero-order valence-corrected chi connectivity index (χ0v) is 10.9. The van der Waals surface area contributed by atoms with Crippen molar-refractivity contribution in [1.29, 1.82) is 0 Å². The van der Waals surface area contributed by atoms with Gasteiger partial charge in [0.25, 0.3) is 0 Å². The summed E-state index contributed by atoms with van der Waals surface area (Å²) in [6, 6.07) is 1.95. The first kappa shape index (κ1) is 12.6. The first-order valence-electron chi connectivity index (χ1n) is 6.15. The van der Waals surface area contributed by atoms with E-state index in [4.69, 9.17) is 14.9 Å². The van der Waals surface area contributed by atoms with Gasteiger partial charge < -0.3 is 14.9 Å². The normalized spacial score (nSPS) is 25.1. The number of hydrogen-bond donors (Lipinski definition) is 1. The van der Waals surface area contributed by atoms with E-state index < -0.39 is 0 Å². The summed E-state index contributed by atoms with van der Waals surface area (Å²) in [5.74, 6) is 0.984. The quantitative estimate of drug-likeness (QED) is 0.871. The van der Waals surface area contributed by atoms with Crippen LogP contribution >= 0.6 is 0 Å². The summed E-state index contributed by atoms with van der Waals surface area (Å²) in [4.78, 5) is 2.37. The third kappa shape index (κ3) is 3.09. The maximum atomic E-state index is 5.88. The third-order valence-corrected chi connectivity index (χ3v) is 3.06. The predicted octanol–water partition coefficient (Wildman–Crippen LogP) is 1.74. The van der Waals surface area contributed by atoms with Crippen molar-refractivity contribution >= 4 is 0 Å². The van der Waals surface area contributed by atoms with E-state index in [1.54, 1.807) is 6.26 Å². The van der Waals surface area contributed by atoms with Crippen molar-refractivity contribution in [2.45, 2.75) is 45.6 Å². The van der Waals surface area contributed by atoms with E-state index in [9.17, 15) is 0 Å². The van der Waals surface area contributed by atoms with E-state index in [1.165, 1.54) is 0 Å². The van der Waals surface area contributed by atoms with Gasteiger partial charge in [-0.3, -0.25) is 4.90 Å². The molecule has 1 aromatic rings. The summed E-state index contributed by atoms with van der Waals surface area (Å²) in [5, 5.41) is 0. The zero-order valence-electron chi connectivity index (χ0n) is 10.9. The number of rotatable bonds is 3. The standard InChI is InChI=1S/C13H22N2O2/c1-10-7-15(9-13(2,3)17-10)8-12-11(6-14)4-5-16-12/h4-5,10H,6-9,14H2,1-3H3. The average Bonchev–Trinajstić information content (AvgIpc) is 2.61. The topological polar surface area (TPSA) is 51.6 Å². The molecule has 1 atom stereocenters. The molecule has 0 radical (unpaired) electrons. The Kier molecular flexibility index (Phi) is 3.56. The molecule has 2 rings (SSSR count). The van der Waals surface area contributed by atoms with Gasteiger partial charge in [0.05, 0.1) is 24.5 Å². The third-order valence-electron chi connectivity index (χ3n) is 3.06. The molecule has 1 aliphatic rings. The number of nitrogens with zero attached hydrogens (tertiary/aromatic N) is 1. The van der Waals surface area contributed by atoms with Crippen LogP contribution in [0.3, 0.4) is 0 Å². The largest absolute Gasteiger partial charge is 0.468 e. The Bertz CT molecular complexity index is 373. The molecule has 0 spiro atoms. The molecule has 0 aliphatic carbocycles. The molecule has 17 heavy (non-hydrogen) atoms. The molecular weight excluding hydrogens is 216 g/mol. The lowest BCUT2D eigenvalue weighted by atomic mass is 10.1. The SMILES string of the molecule is CC1CN(Cc2occc2CN)CC(C)(C)O1. The average molecular weight is 238 g/mol. The molecule has 1 fully saturated rings. The van der Waals surface area contributed by atoms with Crippen molar-refractivity contribution in [3.05, 3.63) is 23.7 Å². The fourth-order valence-corrected chi connectivity index (χ4v) is 2.60. The van der Waals surface area contributed by atoms with Gasteiger partial charge in [0, 0.05) is 25.2 Å². The van der Waals surface area contributed by atoms with E-state index in [2.05, 4.69) is 25.7 Å². The van der Waals surface area contributed by atoms with Crippen LogP contribution in [0, 0.1) is 0 Å². The highest BCUT2D eigenvalue weighted by molar-refractivity contribution is 5.16. The van der Waals surface area contributed by atoms with Gasteiger partial charge in [0.15, 0.2) is 0 Å². The minimum absolute atomic E-state index is 0.0901. The Labute approximate surface area is 103 Å². The second-order valence-corrected chi connectivity index (χ2v) is 5.43. The van der Waals surface area contributed by atoms with Gasteiger partial charge >= 0.3 is 0 Å². The van der Waals surface area contributed by atoms with Crippen molar-refractivity contribution in [3.63, 3.8) is 0 Å². The van der Waals surface area contributed by atoms with Crippen LogP contribution in [-0.2, 0) is 17.8 Å². The molecule has 4 nitrogen and oxygen atoms in total. The zero-order chi connectivity index (χ0) is 12.5. The summed E-state index contributed by atoms with van der Waals surface area (Å²) in [6.45, 7) is 9.57. The van der Waals surface area contributed by atoms with E-state index in [-0.39, 0.29) is 11.7 Å². The number of furan rings is 1. The molecule has 0 aromatic carbocycles. The molecule has 0 saturated carbocycles. The van der Waals surface area contributed by atoms with Crippen LogP contribution in [0.5, 0.6) is 0 Å². The van der Waals surface area contributed by atoms with Crippen LogP contribution in [0.1, 0.15) is 32.1 Å². The number of hydrogen-bond acceptors (Lipinski definition) is 4. The highest BCUT2D eigenvalue weighted by atomic mass is 16.5. The van der Waals surface area contributed by atoms with Gasteiger partial charge in [-0.05, 0) is 26.8 Å². The van der Waals surface area contributed by atoms with Crippen LogP contribution in [0.25, 0.3) is 0 Å². The van der Waals surface area contributed by atoms with E-state index in [0.717, 1.165) is 31.0 Å². The maximum Gasteiger partial charge on any atom is 0.122 e. The maximum absolute atomic E-state index is 5.88. The Morgan fingerprint density at radius 2 is 2.29 bits per heavy atom. The lowest BCUT2D eigenvalue weighted by molar-refractivity contribution is -0.131. The molecule has 1 aromatic heterocycles. The second-order valence-electron chi connectivity index (χ2n) is 5.43. The number of ether oxygens (including phenoxy) is 1. The summed E-state index contributed by atoms with van der Waals surface area (Å²) in [5.41, 5.74) is 6.69. The fourth-order valence-electron chi connectivity index (χ4n) is 2.60. The smallest absolute Gasteiger partial charge is 0.122 e. The van der Waals surface area contributed by atoms with Gasteiger partial charge in [0.1, 0.15) is 5.76 Å². The molecule has 2 N–H and O–H groups in total. The van der Waals surface area contributed by atoms with Crippen LogP contribution in [-0.4, -0.2) is 29.7 Å². The molecule has 1 unspecified atom stereocenters. The van der Waals surface area contributed by atoms with Gasteiger partial charge in [-0.2, -0.15) is 0 Å². The number of nitrogens with two attached hydrogens (primary N) is 1. The fraction of sp³-hybridized carbons (Fsp3) is 0.692.